The molecule has 1 fully saturated rings. The maximum absolute atomic E-state index is 12.4. The van der Waals surface area contributed by atoms with Gasteiger partial charge in [-0.1, -0.05) is 25.3 Å². The van der Waals surface area contributed by atoms with Gasteiger partial charge in [0, 0.05) is 43.0 Å². The fourth-order valence-corrected chi connectivity index (χ4v) is 3.49. The first kappa shape index (κ1) is 19.1. The number of hydrogen-bond acceptors (Lipinski definition) is 4. The van der Waals surface area contributed by atoms with E-state index in [9.17, 15) is 9.59 Å². The minimum Gasteiger partial charge on any atom is -0.326 e. The van der Waals surface area contributed by atoms with Crippen molar-refractivity contribution in [2.45, 2.75) is 63.5 Å². The van der Waals surface area contributed by atoms with Crippen molar-refractivity contribution in [1.29, 1.82) is 0 Å². The van der Waals surface area contributed by atoms with Crippen molar-refractivity contribution in [3.63, 3.8) is 0 Å². The average molecular weight is 366 g/mol. The van der Waals surface area contributed by atoms with Crippen LogP contribution in [0.1, 0.15) is 57.8 Å². The molecule has 27 heavy (non-hydrogen) atoms. The van der Waals surface area contributed by atoms with Crippen LogP contribution < -0.4 is 10.6 Å². The van der Waals surface area contributed by atoms with Crippen LogP contribution in [0.3, 0.4) is 0 Å². The Hall–Kier alpha value is -2.68. The van der Waals surface area contributed by atoms with E-state index in [-0.39, 0.29) is 17.7 Å². The fraction of sp³-hybridized carbons (Fsp3) is 0.524. The van der Waals surface area contributed by atoms with E-state index < -0.39 is 5.66 Å². The quantitative estimate of drug-likeness (QED) is 0.664. The number of rotatable bonds is 8. The van der Waals surface area contributed by atoms with E-state index in [2.05, 4.69) is 26.8 Å². The van der Waals surface area contributed by atoms with E-state index in [1.165, 1.54) is 6.42 Å². The molecule has 1 aliphatic carbocycles. The standard InChI is InChI=1S/C21H26N4O2/c1-2-3-13-21(24-25-21)14-12-19(26)22-17-10-7-11-18(15-17)23-20(27)16-8-5-4-6-9-16/h1,7,10-11,15-16H,3-6,8-9,12-14H2,(H,22,26)(H,23,27). The topological polar surface area (TPSA) is 82.9 Å². The Morgan fingerprint density at radius 1 is 1.11 bits per heavy atom. The summed E-state index contributed by atoms with van der Waals surface area (Å²) >= 11 is 0. The predicted molar refractivity (Wildman–Crippen MR) is 105 cm³/mol. The van der Waals surface area contributed by atoms with Crippen LogP contribution >= 0.6 is 0 Å². The molecule has 0 saturated heterocycles. The summed E-state index contributed by atoms with van der Waals surface area (Å²) < 4.78 is 0. The second-order valence-electron chi connectivity index (χ2n) is 7.34. The largest absolute Gasteiger partial charge is 0.326 e. The Morgan fingerprint density at radius 3 is 2.48 bits per heavy atom. The summed E-state index contributed by atoms with van der Waals surface area (Å²) in [7, 11) is 0. The van der Waals surface area contributed by atoms with Crippen molar-refractivity contribution in [1.82, 2.24) is 0 Å². The summed E-state index contributed by atoms with van der Waals surface area (Å²) in [4.78, 5) is 24.6. The van der Waals surface area contributed by atoms with Gasteiger partial charge < -0.3 is 10.6 Å². The Labute approximate surface area is 160 Å². The van der Waals surface area contributed by atoms with Crippen molar-refractivity contribution in [3.05, 3.63) is 24.3 Å². The molecule has 0 atom stereocenters. The highest BCUT2D eigenvalue weighted by molar-refractivity contribution is 5.95. The van der Waals surface area contributed by atoms with Gasteiger partial charge in [0.05, 0.1) is 0 Å². The van der Waals surface area contributed by atoms with Crippen LogP contribution in [0.2, 0.25) is 0 Å². The first-order valence-electron chi connectivity index (χ1n) is 9.68. The molecule has 0 spiro atoms. The molecule has 0 radical (unpaired) electrons. The Kier molecular flexibility index (Phi) is 6.23. The van der Waals surface area contributed by atoms with Crippen molar-refractivity contribution >= 4 is 23.2 Å². The lowest BCUT2D eigenvalue weighted by molar-refractivity contribution is -0.120. The van der Waals surface area contributed by atoms with E-state index in [1.807, 2.05) is 18.2 Å². The minimum absolute atomic E-state index is 0.0746. The number of anilines is 2. The van der Waals surface area contributed by atoms with Crippen LogP contribution in [0.4, 0.5) is 11.4 Å². The summed E-state index contributed by atoms with van der Waals surface area (Å²) in [5.74, 6) is 2.66. The van der Waals surface area contributed by atoms with Crippen LogP contribution in [0.5, 0.6) is 0 Å². The van der Waals surface area contributed by atoms with Gasteiger partial charge in [-0.2, -0.15) is 10.2 Å². The summed E-state index contributed by atoms with van der Waals surface area (Å²) in [5, 5.41) is 13.9. The van der Waals surface area contributed by atoms with Gasteiger partial charge in [-0.25, -0.2) is 0 Å². The number of nitrogens with one attached hydrogen (secondary N) is 2. The fourth-order valence-electron chi connectivity index (χ4n) is 3.49. The van der Waals surface area contributed by atoms with Crippen LogP contribution in [-0.4, -0.2) is 17.5 Å². The molecule has 6 heteroatoms. The number of nitrogens with zero attached hydrogens (tertiary/aromatic N) is 2. The lowest BCUT2D eigenvalue weighted by Gasteiger charge is -2.20. The number of hydrogen-bond donors (Lipinski definition) is 2. The Morgan fingerprint density at radius 2 is 1.81 bits per heavy atom. The lowest BCUT2D eigenvalue weighted by Crippen LogP contribution is -2.24. The number of terminal acetylenes is 1. The Balaban J connectivity index is 1.47. The smallest absolute Gasteiger partial charge is 0.227 e. The molecule has 2 N–H and O–H groups in total. The Bertz CT molecular complexity index is 754. The SMILES string of the molecule is C#CCCC1(CCC(=O)Nc2cccc(NC(=O)C3CCCCC3)c2)N=N1. The molecular formula is C21H26N4O2. The number of carbonyl (C=O) groups excluding carboxylic acids is 2. The number of benzene rings is 1. The second kappa shape index (κ2) is 8.81. The zero-order chi connectivity index (χ0) is 19.1. The molecule has 2 amide bonds. The highest BCUT2D eigenvalue weighted by Crippen LogP contribution is 2.37. The third-order valence-corrected chi connectivity index (χ3v) is 5.19. The number of carbonyl (C=O) groups is 2. The number of amides is 2. The lowest BCUT2D eigenvalue weighted by atomic mass is 9.88. The zero-order valence-corrected chi connectivity index (χ0v) is 15.5. The van der Waals surface area contributed by atoms with Crippen molar-refractivity contribution < 1.29 is 9.59 Å². The second-order valence-corrected chi connectivity index (χ2v) is 7.34. The maximum Gasteiger partial charge on any atom is 0.227 e. The van der Waals surface area contributed by atoms with Gasteiger partial charge in [0.2, 0.25) is 11.8 Å². The van der Waals surface area contributed by atoms with E-state index in [1.54, 1.807) is 6.07 Å². The van der Waals surface area contributed by atoms with Gasteiger partial charge in [0.1, 0.15) is 0 Å². The van der Waals surface area contributed by atoms with Crippen molar-refractivity contribution in [2.75, 3.05) is 10.6 Å². The van der Waals surface area contributed by atoms with Crippen molar-refractivity contribution in [2.24, 2.45) is 16.1 Å². The molecule has 6 nitrogen and oxygen atoms in total. The molecular weight excluding hydrogens is 340 g/mol. The van der Waals surface area contributed by atoms with Crippen LogP contribution in [0, 0.1) is 18.3 Å². The molecule has 0 bridgehead atoms. The van der Waals surface area contributed by atoms with E-state index in [0.717, 1.165) is 25.7 Å². The van der Waals surface area contributed by atoms with Crippen LogP contribution in [-0.2, 0) is 9.59 Å². The average Bonchev–Trinajstić information content (AvgIpc) is 3.46. The third-order valence-electron chi connectivity index (χ3n) is 5.19. The third kappa shape index (κ3) is 5.65. The highest BCUT2D eigenvalue weighted by atomic mass is 16.2. The molecule has 3 rings (SSSR count). The highest BCUT2D eigenvalue weighted by Gasteiger charge is 2.39. The van der Waals surface area contributed by atoms with Crippen molar-refractivity contribution in [3.8, 4) is 12.3 Å². The molecule has 1 aliphatic heterocycles. The molecule has 1 aromatic carbocycles. The first-order chi connectivity index (χ1) is 13.1. The first-order valence-corrected chi connectivity index (χ1v) is 9.68. The van der Waals surface area contributed by atoms with Gasteiger partial charge in [0.25, 0.3) is 0 Å². The minimum atomic E-state index is -0.445. The van der Waals surface area contributed by atoms with Gasteiger partial charge in [-0.05, 0) is 31.0 Å². The molecule has 0 unspecified atom stereocenters. The van der Waals surface area contributed by atoms with E-state index in [4.69, 9.17) is 6.42 Å². The molecule has 1 saturated carbocycles. The molecule has 1 aromatic rings. The molecule has 0 aromatic heterocycles. The predicted octanol–water partition coefficient (Wildman–Crippen LogP) is 4.50. The molecule has 1 heterocycles. The normalized spacial score (nSPS) is 17.7. The molecule has 142 valence electrons. The van der Waals surface area contributed by atoms with Crippen LogP contribution in [0.25, 0.3) is 0 Å². The summed E-state index contributed by atoms with van der Waals surface area (Å²) in [6, 6.07) is 7.27. The zero-order valence-electron chi connectivity index (χ0n) is 15.5. The van der Waals surface area contributed by atoms with Crippen LogP contribution in [0.15, 0.2) is 34.5 Å². The van der Waals surface area contributed by atoms with Gasteiger partial charge >= 0.3 is 0 Å². The van der Waals surface area contributed by atoms with Gasteiger partial charge in [-0.3, -0.25) is 9.59 Å². The summed E-state index contributed by atoms with van der Waals surface area (Å²) in [6.07, 6.45) is 12.9. The monoisotopic (exact) mass is 366 g/mol. The molecule has 2 aliphatic rings. The van der Waals surface area contributed by atoms with Gasteiger partial charge in [0.15, 0.2) is 5.66 Å². The van der Waals surface area contributed by atoms with E-state index in [0.29, 0.717) is 37.1 Å². The summed E-state index contributed by atoms with van der Waals surface area (Å²) in [5.41, 5.74) is 0.935. The summed E-state index contributed by atoms with van der Waals surface area (Å²) in [6.45, 7) is 0. The van der Waals surface area contributed by atoms with E-state index >= 15 is 0 Å². The van der Waals surface area contributed by atoms with Gasteiger partial charge in [-0.15, -0.1) is 12.3 Å². The maximum atomic E-state index is 12.4.